The van der Waals surface area contributed by atoms with Crippen molar-refractivity contribution < 1.29 is 13.5 Å². The molecule has 0 saturated heterocycles. The number of ether oxygens (including phenoxy) is 1. The molecule has 0 radical (unpaired) electrons. The molecule has 0 aliphatic heterocycles. The molecule has 0 fully saturated rings. The van der Waals surface area contributed by atoms with Gasteiger partial charge >= 0.3 is 0 Å². The number of aryl methyl sites for hydroxylation is 2. The molecule has 0 spiro atoms. The van der Waals surface area contributed by atoms with E-state index in [-0.39, 0.29) is 5.75 Å². The van der Waals surface area contributed by atoms with E-state index < -0.39 is 11.6 Å². The van der Waals surface area contributed by atoms with E-state index >= 15 is 0 Å². The Bertz CT molecular complexity index is 588. The number of halogens is 3. The van der Waals surface area contributed by atoms with Crippen molar-refractivity contribution in [3.8, 4) is 11.5 Å². The molecule has 0 N–H and O–H groups in total. The first-order valence-electron chi connectivity index (χ1n) is 5.80. The zero-order valence-electron chi connectivity index (χ0n) is 10.6. The van der Waals surface area contributed by atoms with Crippen LogP contribution in [-0.2, 0) is 5.33 Å². The predicted molar refractivity (Wildman–Crippen MR) is 75.0 cm³/mol. The summed E-state index contributed by atoms with van der Waals surface area (Å²) in [5, 5.41) is 0.394. The second-order valence-corrected chi connectivity index (χ2v) is 4.93. The minimum absolute atomic E-state index is 0.368. The summed E-state index contributed by atoms with van der Waals surface area (Å²) in [6.07, 6.45) is 0. The molecule has 0 bridgehead atoms. The van der Waals surface area contributed by atoms with Gasteiger partial charge in [0.1, 0.15) is 5.75 Å². The molecule has 4 heteroatoms. The molecule has 0 saturated carbocycles. The van der Waals surface area contributed by atoms with Gasteiger partial charge in [-0.3, -0.25) is 0 Å². The number of hydrogen-bond donors (Lipinski definition) is 0. The molecule has 0 aliphatic rings. The van der Waals surface area contributed by atoms with E-state index in [4.69, 9.17) is 4.74 Å². The first kappa shape index (κ1) is 14.0. The summed E-state index contributed by atoms with van der Waals surface area (Å²) in [5.41, 5.74) is 2.64. The molecule has 1 nitrogen and oxygen atoms in total. The summed E-state index contributed by atoms with van der Waals surface area (Å²) in [4.78, 5) is 0. The van der Waals surface area contributed by atoms with E-state index in [1.807, 2.05) is 19.9 Å². The fourth-order valence-electron chi connectivity index (χ4n) is 1.68. The fourth-order valence-corrected chi connectivity index (χ4v) is 2.01. The standard InChI is InChI=1S/C15H13BrF2O/c1-9-3-4-12(5-10(9)2)19-15-13(17)6-11(8-16)7-14(15)18/h3-7H,8H2,1-2H3. The Morgan fingerprint density at radius 1 is 1.00 bits per heavy atom. The quantitative estimate of drug-likeness (QED) is 0.698. The maximum atomic E-state index is 13.8. The van der Waals surface area contributed by atoms with Gasteiger partial charge in [0.15, 0.2) is 17.4 Å². The van der Waals surface area contributed by atoms with Crippen LogP contribution in [0.1, 0.15) is 16.7 Å². The second-order valence-electron chi connectivity index (χ2n) is 4.37. The molecule has 0 aromatic heterocycles. The van der Waals surface area contributed by atoms with Crippen LogP contribution in [0.4, 0.5) is 8.78 Å². The van der Waals surface area contributed by atoms with Crippen LogP contribution in [-0.4, -0.2) is 0 Å². The zero-order chi connectivity index (χ0) is 14.0. The van der Waals surface area contributed by atoms with Gasteiger partial charge in [0.2, 0.25) is 0 Å². The molecule has 0 atom stereocenters. The van der Waals surface area contributed by atoms with Gasteiger partial charge in [0.25, 0.3) is 0 Å². The van der Waals surface area contributed by atoms with E-state index in [1.54, 1.807) is 12.1 Å². The molecular formula is C15H13BrF2O. The minimum atomic E-state index is -0.701. The van der Waals surface area contributed by atoms with Gasteiger partial charge in [-0.2, -0.15) is 0 Å². The van der Waals surface area contributed by atoms with Crippen molar-refractivity contribution in [1.82, 2.24) is 0 Å². The predicted octanol–water partition coefficient (Wildman–Crippen LogP) is 5.27. The largest absolute Gasteiger partial charge is 0.451 e. The average molecular weight is 327 g/mol. The highest BCUT2D eigenvalue weighted by Crippen LogP contribution is 2.30. The lowest BCUT2D eigenvalue weighted by Crippen LogP contribution is -1.95. The SMILES string of the molecule is Cc1ccc(Oc2c(F)cc(CBr)cc2F)cc1C. The summed E-state index contributed by atoms with van der Waals surface area (Å²) < 4.78 is 32.9. The van der Waals surface area contributed by atoms with Gasteiger partial charge in [-0.25, -0.2) is 8.78 Å². The van der Waals surface area contributed by atoms with Crippen LogP contribution in [0.5, 0.6) is 11.5 Å². The normalized spacial score (nSPS) is 10.6. The van der Waals surface area contributed by atoms with Gasteiger partial charge in [0, 0.05) is 5.33 Å². The van der Waals surface area contributed by atoms with E-state index in [0.29, 0.717) is 16.6 Å². The van der Waals surface area contributed by atoms with Gasteiger partial charge < -0.3 is 4.74 Å². The summed E-state index contributed by atoms with van der Waals surface area (Å²) >= 11 is 3.16. The summed E-state index contributed by atoms with van der Waals surface area (Å²) in [6, 6.07) is 7.82. The Kier molecular flexibility index (Phi) is 4.20. The van der Waals surface area contributed by atoms with Crippen LogP contribution in [0.2, 0.25) is 0 Å². The van der Waals surface area contributed by atoms with Crippen molar-refractivity contribution in [2.45, 2.75) is 19.2 Å². The van der Waals surface area contributed by atoms with Crippen molar-refractivity contribution in [1.29, 1.82) is 0 Å². The highest BCUT2D eigenvalue weighted by atomic mass is 79.9. The molecule has 2 rings (SSSR count). The molecule has 100 valence electrons. The highest BCUT2D eigenvalue weighted by molar-refractivity contribution is 9.08. The molecular weight excluding hydrogens is 314 g/mol. The van der Waals surface area contributed by atoms with E-state index in [2.05, 4.69) is 15.9 Å². The molecule has 19 heavy (non-hydrogen) atoms. The third-order valence-corrected chi connectivity index (χ3v) is 3.56. The van der Waals surface area contributed by atoms with E-state index in [9.17, 15) is 8.78 Å². The minimum Gasteiger partial charge on any atom is -0.451 e. The molecule has 0 amide bonds. The Balaban J connectivity index is 2.35. The lowest BCUT2D eigenvalue weighted by Gasteiger charge is -2.10. The molecule has 0 heterocycles. The third kappa shape index (κ3) is 3.13. The van der Waals surface area contributed by atoms with Crippen molar-refractivity contribution in [2.75, 3.05) is 0 Å². The first-order valence-corrected chi connectivity index (χ1v) is 6.92. The fraction of sp³-hybridized carbons (Fsp3) is 0.200. The summed E-state index contributed by atoms with van der Waals surface area (Å²) in [7, 11) is 0. The first-order chi connectivity index (χ1) is 9.01. The van der Waals surface area contributed by atoms with Crippen molar-refractivity contribution in [3.05, 3.63) is 58.7 Å². The van der Waals surface area contributed by atoms with Crippen LogP contribution in [0.25, 0.3) is 0 Å². The van der Waals surface area contributed by atoms with Crippen molar-refractivity contribution in [3.63, 3.8) is 0 Å². The van der Waals surface area contributed by atoms with Gasteiger partial charge in [0.05, 0.1) is 0 Å². The lowest BCUT2D eigenvalue weighted by atomic mass is 10.1. The Hall–Kier alpha value is -1.42. The van der Waals surface area contributed by atoms with Crippen LogP contribution in [0, 0.1) is 25.5 Å². The van der Waals surface area contributed by atoms with Gasteiger partial charge in [-0.15, -0.1) is 0 Å². The lowest BCUT2D eigenvalue weighted by molar-refractivity contribution is 0.406. The zero-order valence-corrected chi connectivity index (χ0v) is 12.2. The van der Waals surface area contributed by atoms with Crippen LogP contribution >= 0.6 is 15.9 Å². The Labute approximate surface area is 119 Å². The molecule has 2 aromatic rings. The van der Waals surface area contributed by atoms with E-state index in [0.717, 1.165) is 11.1 Å². The third-order valence-electron chi connectivity index (χ3n) is 2.91. The topological polar surface area (TPSA) is 9.23 Å². The van der Waals surface area contributed by atoms with Crippen LogP contribution < -0.4 is 4.74 Å². The van der Waals surface area contributed by atoms with Crippen molar-refractivity contribution in [2.24, 2.45) is 0 Å². The Morgan fingerprint density at radius 3 is 2.16 bits per heavy atom. The molecule has 2 aromatic carbocycles. The maximum absolute atomic E-state index is 13.8. The van der Waals surface area contributed by atoms with Gasteiger partial charge in [-0.1, -0.05) is 22.0 Å². The summed E-state index contributed by atoms with van der Waals surface area (Å²) in [5.74, 6) is -1.35. The monoisotopic (exact) mass is 326 g/mol. The number of benzene rings is 2. The number of hydrogen-bond acceptors (Lipinski definition) is 1. The van der Waals surface area contributed by atoms with Gasteiger partial charge in [-0.05, 0) is 54.8 Å². The molecule has 0 unspecified atom stereocenters. The summed E-state index contributed by atoms with van der Waals surface area (Å²) in [6.45, 7) is 3.88. The number of alkyl halides is 1. The average Bonchev–Trinajstić information content (AvgIpc) is 2.37. The maximum Gasteiger partial charge on any atom is 0.198 e. The highest BCUT2D eigenvalue weighted by Gasteiger charge is 2.13. The Morgan fingerprint density at radius 2 is 1.63 bits per heavy atom. The van der Waals surface area contributed by atoms with Crippen LogP contribution in [0.3, 0.4) is 0 Å². The smallest absolute Gasteiger partial charge is 0.198 e. The van der Waals surface area contributed by atoms with E-state index in [1.165, 1.54) is 12.1 Å². The second kappa shape index (κ2) is 5.70. The van der Waals surface area contributed by atoms with Crippen molar-refractivity contribution >= 4 is 15.9 Å². The number of rotatable bonds is 3. The van der Waals surface area contributed by atoms with Crippen LogP contribution in [0.15, 0.2) is 30.3 Å². The molecule has 0 aliphatic carbocycles.